The highest BCUT2D eigenvalue weighted by Crippen LogP contribution is 2.55. The van der Waals surface area contributed by atoms with Crippen molar-refractivity contribution in [1.29, 1.82) is 0 Å². The van der Waals surface area contributed by atoms with Crippen LogP contribution in [0.3, 0.4) is 0 Å². The Morgan fingerprint density at radius 1 is 0.272 bits per heavy atom. The highest BCUT2D eigenvalue weighted by molar-refractivity contribution is 7.00. The van der Waals surface area contributed by atoms with Gasteiger partial charge in [-0.2, -0.15) is 0 Å². The number of hydrogen-bond donors (Lipinski definition) is 0. The molecule has 0 unspecified atom stereocenters. The Morgan fingerprint density at radius 2 is 0.592 bits per heavy atom. The maximum atomic E-state index is 9.94. The molecular formula is C98H75BN4. The van der Waals surface area contributed by atoms with Crippen molar-refractivity contribution in [3.63, 3.8) is 0 Å². The molecule has 103 heavy (non-hydrogen) atoms. The molecule has 5 heteroatoms. The Morgan fingerprint density at radius 3 is 0.971 bits per heavy atom. The van der Waals surface area contributed by atoms with E-state index < -0.39 is 114 Å². The second-order valence-electron chi connectivity index (χ2n) is 28.8. The zero-order chi connectivity index (χ0) is 83.2. The number of fused-ring (bicyclic) bond motifs is 10. The monoisotopic (exact) mass is 1330 g/mol. The van der Waals surface area contributed by atoms with E-state index in [1.54, 1.807) is 9.13 Å². The van der Waals surface area contributed by atoms with Crippen LogP contribution in [0.4, 0.5) is 34.1 Å². The normalized spacial score (nSPS) is 14.9. The SMILES string of the molecule is [2H]c1c([2H])c([2H])c2c(c1[2H])c1c([2H])c([2H])c([2H])c([2H])c1n2-c1ccc2c(c1)N(c1c(-c3ccccc3)cccc1-c1ccccc1)c1cc(C(C)(C)C)cc3c1B2c1ccc(-n2c4c([2H])c([2H])c([2H])c([2H])c4c4c([2H])c([2H])c([2H])c([2H])c42)cc1N3c1c(-c2cccc(-c3ccccc3)c2)cc(C(C)(C)C)cc1-c1cccc(-c2ccccc2)c1. The number of hydrogen-bond acceptors (Lipinski definition) is 2. The lowest BCUT2D eigenvalue weighted by atomic mass is 9.33. The van der Waals surface area contributed by atoms with E-state index in [0.717, 1.165) is 117 Å². The standard InChI is InChI=1S/C98H75BN4/c1-97(2,3)72-58-82(70-40-27-38-68(56-70)64-30-11-7-12-31-64)96(83(59-72)71-41-28-39-69(57-71)65-32-13-8-14-33-65)103-91-63-75(101-88-50-25-21-44-80(88)81-45-22-26-51-89(81)101)53-55-85(91)99-84-54-52-74(100-86-48-23-19-42-78(86)79-43-20-24-49-87(79)100)62-90(84)102(92-60-73(98(4,5)6)61-93(103)94(92)99)95-76(66-34-15-9-16-35-66)46-29-47-77(95)67-36-17-10-18-37-67/h7-63H,1-6H3/i19D,20D,21D,22D,23D,24D,25D,26D,42D,43D,44D,45D,48D,49D,50D,51D. The number of anilines is 6. The molecule has 0 aliphatic carbocycles. The smallest absolute Gasteiger partial charge is 0.252 e. The zero-order valence-electron chi connectivity index (χ0n) is 73.5. The number of benzene rings is 15. The van der Waals surface area contributed by atoms with E-state index in [-0.39, 0.29) is 43.6 Å². The van der Waals surface area contributed by atoms with Gasteiger partial charge in [-0.3, -0.25) is 0 Å². The van der Waals surface area contributed by atoms with Crippen LogP contribution in [-0.4, -0.2) is 15.8 Å². The molecule has 0 amide bonds. The Kier molecular flexibility index (Phi) is 11.0. The average molecular weight is 1340 g/mol. The van der Waals surface area contributed by atoms with E-state index in [9.17, 15) is 16.4 Å². The topological polar surface area (TPSA) is 16.3 Å². The minimum atomic E-state index is -0.775. The van der Waals surface area contributed by atoms with Crippen molar-refractivity contribution in [3.8, 4) is 78.1 Å². The molecule has 17 aromatic rings. The van der Waals surface area contributed by atoms with Gasteiger partial charge in [0, 0.05) is 77.9 Å². The van der Waals surface area contributed by atoms with Crippen molar-refractivity contribution in [1.82, 2.24) is 9.13 Å². The fourth-order valence-electron chi connectivity index (χ4n) is 15.7. The van der Waals surface area contributed by atoms with Crippen molar-refractivity contribution in [2.75, 3.05) is 9.80 Å². The van der Waals surface area contributed by atoms with E-state index in [1.165, 1.54) is 0 Å². The van der Waals surface area contributed by atoms with Crippen LogP contribution in [0.15, 0.2) is 345 Å². The van der Waals surface area contributed by atoms with Crippen molar-refractivity contribution in [2.45, 2.75) is 52.4 Å². The van der Waals surface area contributed by atoms with Crippen LogP contribution in [0, 0.1) is 0 Å². The molecule has 0 radical (unpaired) electrons. The van der Waals surface area contributed by atoms with Gasteiger partial charge in [-0.1, -0.05) is 302 Å². The molecular weight excluding hydrogens is 1240 g/mol. The predicted octanol–water partition coefficient (Wildman–Crippen LogP) is 24.6. The van der Waals surface area contributed by atoms with Gasteiger partial charge in [0.25, 0.3) is 6.71 Å². The van der Waals surface area contributed by atoms with Crippen LogP contribution in [0.1, 0.15) is 74.6 Å². The molecule has 490 valence electrons. The molecule has 2 aromatic heterocycles. The lowest BCUT2D eigenvalue weighted by molar-refractivity contribution is 0.590. The Hall–Kier alpha value is -12.4. The molecule has 0 bridgehead atoms. The average Bonchev–Trinajstić information content (AvgIpc) is 1.46. The minimum absolute atomic E-state index is 0.0497. The second-order valence-corrected chi connectivity index (χ2v) is 28.8. The quantitative estimate of drug-likeness (QED) is 0.127. The van der Waals surface area contributed by atoms with E-state index in [4.69, 9.17) is 5.48 Å². The summed E-state index contributed by atoms with van der Waals surface area (Å²) >= 11 is 0. The van der Waals surface area contributed by atoms with Gasteiger partial charge >= 0.3 is 0 Å². The van der Waals surface area contributed by atoms with E-state index in [2.05, 4.69) is 191 Å². The lowest BCUT2D eigenvalue weighted by Crippen LogP contribution is -2.61. The second kappa shape index (κ2) is 24.1. The van der Waals surface area contributed by atoms with Gasteiger partial charge in [0.15, 0.2) is 0 Å². The molecule has 2 aliphatic rings. The maximum Gasteiger partial charge on any atom is 0.252 e. The first-order chi connectivity index (χ1) is 57.0. The fourth-order valence-corrected chi connectivity index (χ4v) is 15.7. The van der Waals surface area contributed by atoms with E-state index in [0.29, 0.717) is 22.7 Å². The summed E-state index contributed by atoms with van der Waals surface area (Å²) in [5.74, 6) is 0. The van der Waals surface area contributed by atoms with Gasteiger partial charge in [0.1, 0.15) is 0 Å². The number of para-hydroxylation sites is 5. The van der Waals surface area contributed by atoms with E-state index in [1.807, 2.05) is 109 Å². The van der Waals surface area contributed by atoms with Gasteiger partial charge in [-0.25, -0.2) is 0 Å². The van der Waals surface area contributed by atoms with Crippen LogP contribution in [0.2, 0.25) is 0 Å². The van der Waals surface area contributed by atoms with Crippen LogP contribution in [-0.2, 0) is 10.8 Å². The number of rotatable bonds is 10. The molecule has 2 aliphatic heterocycles. The van der Waals surface area contributed by atoms with Crippen LogP contribution in [0.5, 0.6) is 0 Å². The molecule has 15 aromatic carbocycles. The van der Waals surface area contributed by atoms with Crippen molar-refractivity contribution < 1.29 is 21.9 Å². The molecule has 0 fully saturated rings. The molecule has 0 N–H and O–H groups in total. The Labute approximate surface area is 625 Å². The summed E-state index contributed by atoms with van der Waals surface area (Å²) in [5, 5.41) is -0.294. The molecule has 0 atom stereocenters. The summed E-state index contributed by atoms with van der Waals surface area (Å²) < 4.78 is 155. The molecule has 19 rings (SSSR count). The van der Waals surface area contributed by atoms with Gasteiger partial charge < -0.3 is 18.9 Å². The zero-order valence-corrected chi connectivity index (χ0v) is 57.5. The summed E-state index contributed by atoms with van der Waals surface area (Å²) in [6.45, 7) is 12.4. The molecule has 4 heterocycles. The first kappa shape index (κ1) is 46.8. The maximum absolute atomic E-state index is 9.94. The Balaban J connectivity index is 1.03. The molecule has 0 saturated carbocycles. The molecule has 0 spiro atoms. The molecule has 0 saturated heterocycles. The lowest BCUT2D eigenvalue weighted by Gasteiger charge is -2.46. The van der Waals surface area contributed by atoms with Crippen molar-refractivity contribution in [2.24, 2.45) is 0 Å². The first-order valence-corrected chi connectivity index (χ1v) is 34.9. The van der Waals surface area contributed by atoms with Crippen LogP contribution >= 0.6 is 0 Å². The van der Waals surface area contributed by atoms with Gasteiger partial charge in [-0.15, -0.1) is 0 Å². The van der Waals surface area contributed by atoms with Gasteiger partial charge in [0.2, 0.25) is 0 Å². The van der Waals surface area contributed by atoms with Gasteiger partial charge in [-0.05, 0) is 168 Å². The third-order valence-electron chi connectivity index (χ3n) is 20.7. The van der Waals surface area contributed by atoms with E-state index >= 15 is 0 Å². The van der Waals surface area contributed by atoms with Crippen LogP contribution in [0.25, 0.3) is 122 Å². The number of nitrogens with zero attached hydrogens (tertiary/aromatic N) is 4. The van der Waals surface area contributed by atoms with Crippen molar-refractivity contribution >= 4 is 101 Å². The highest BCUT2D eigenvalue weighted by Gasteiger charge is 2.46. The predicted molar refractivity (Wildman–Crippen MR) is 439 cm³/mol. The third-order valence-corrected chi connectivity index (χ3v) is 20.7. The third kappa shape index (κ3) is 10.2. The summed E-state index contributed by atoms with van der Waals surface area (Å²) in [5.41, 5.74) is 18.6. The minimum Gasteiger partial charge on any atom is -0.310 e. The summed E-state index contributed by atoms with van der Waals surface area (Å²) in [6.07, 6.45) is 0. The first-order valence-electron chi connectivity index (χ1n) is 42.9. The van der Waals surface area contributed by atoms with Crippen molar-refractivity contribution in [3.05, 3.63) is 357 Å². The fraction of sp³-hybridized carbons (Fsp3) is 0.0816. The summed E-state index contributed by atoms with van der Waals surface area (Å²) in [4.78, 5) is 4.68. The Bertz CT molecular complexity index is 6900. The molecule has 4 nitrogen and oxygen atoms in total. The largest absolute Gasteiger partial charge is 0.310 e. The summed E-state index contributed by atoms with van der Waals surface area (Å²) in [7, 11) is 0. The van der Waals surface area contributed by atoms with Crippen LogP contribution < -0.4 is 26.2 Å². The number of aromatic nitrogens is 2. The van der Waals surface area contributed by atoms with Gasteiger partial charge in [0.05, 0.1) is 55.4 Å². The highest BCUT2D eigenvalue weighted by atomic mass is 15.2. The summed E-state index contributed by atoms with van der Waals surface area (Å²) in [6, 6.07) is 77.1.